The zero-order valence-corrected chi connectivity index (χ0v) is 11.5. The highest BCUT2D eigenvalue weighted by Gasteiger charge is 2.19. The van der Waals surface area contributed by atoms with E-state index in [2.05, 4.69) is 0 Å². The van der Waals surface area contributed by atoms with Crippen molar-refractivity contribution in [1.29, 1.82) is 0 Å². The van der Waals surface area contributed by atoms with Crippen molar-refractivity contribution in [3.05, 3.63) is 63.2 Å². The fraction of sp³-hybridized carbons (Fsp3) is 0.133. The van der Waals surface area contributed by atoms with Crippen LogP contribution in [-0.4, -0.2) is 16.0 Å². The normalized spacial score (nSPS) is 10.2. The van der Waals surface area contributed by atoms with Crippen molar-refractivity contribution < 1.29 is 19.6 Å². The number of aromatic carboxylic acids is 1. The third-order valence-corrected chi connectivity index (χ3v) is 2.90. The van der Waals surface area contributed by atoms with Gasteiger partial charge < -0.3 is 9.84 Å². The number of nitrogens with zero attached hydrogens (tertiary/aromatic N) is 1. The second-order valence-electron chi connectivity index (χ2n) is 4.64. The van der Waals surface area contributed by atoms with Gasteiger partial charge in [0.15, 0.2) is 0 Å². The maximum atomic E-state index is 11.2. The minimum absolute atomic E-state index is 0.0214. The van der Waals surface area contributed by atoms with Crippen molar-refractivity contribution in [2.45, 2.75) is 13.8 Å². The first kappa shape index (κ1) is 14.5. The number of nitro groups is 1. The predicted octanol–water partition coefficient (Wildman–Crippen LogP) is 3.70. The summed E-state index contributed by atoms with van der Waals surface area (Å²) < 4.78 is 5.50. The molecule has 6 heteroatoms. The van der Waals surface area contributed by atoms with Gasteiger partial charge >= 0.3 is 11.7 Å². The standard InChI is InChI=1S/C15H13NO5/c1-9-3-5-11(15(17)18)13(7-9)21-14-8-10(2)4-6-12(14)16(19)20/h3-8H,1-2H3,(H,17,18). The molecule has 0 spiro atoms. The molecule has 0 heterocycles. The third kappa shape index (κ3) is 3.17. The SMILES string of the molecule is Cc1ccc(C(=O)O)c(Oc2cc(C)ccc2[N+](=O)[O-])c1. The van der Waals surface area contributed by atoms with E-state index in [1.165, 1.54) is 24.3 Å². The van der Waals surface area contributed by atoms with Gasteiger partial charge in [-0.05, 0) is 43.2 Å². The van der Waals surface area contributed by atoms with Crippen LogP contribution in [0.5, 0.6) is 11.5 Å². The molecule has 0 bridgehead atoms. The molecule has 0 aromatic heterocycles. The molecule has 1 N–H and O–H groups in total. The highest BCUT2D eigenvalue weighted by Crippen LogP contribution is 2.34. The second-order valence-corrected chi connectivity index (χ2v) is 4.64. The lowest BCUT2D eigenvalue weighted by molar-refractivity contribution is -0.385. The Labute approximate surface area is 120 Å². The van der Waals surface area contributed by atoms with Gasteiger partial charge in [0.2, 0.25) is 5.75 Å². The Morgan fingerprint density at radius 1 is 1.10 bits per heavy atom. The molecule has 0 aliphatic heterocycles. The van der Waals surface area contributed by atoms with Crippen LogP contribution in [-0.2, 0) is 0 Å². The molecular weight excluding hydrogens is 274 g/mol. The van der Waals surface area contributed by atoms with Gasteiger partial charge in [-0.3, -0.25) is 10.1 Å². The number of carboxylic acids is 1. The zero-order valence-electron chi connectivity index (χ0n) is 11.5. The summed E-state index contributed by atoms with van der Waals surface area (Å²) >= 11 is 0. The van der Waals surface area contributed by atoms with Gasteiger partial charge in [0.05, 0.1) is 4.92 Å². The predicted molar refractivity (Wildman–Crippen MR) is 76.0 cm³/mol. The molecule has 6 nitrogen and oxygen atoms in total. The Morgan fingerprint density at radius 2 is 1.67 bits per heavy atom. The number of carbonyl (C=O) groups is 1. The Hall–Kier alpha value is -2.89. The van der Waals surface area contributed by atoms with Gasteiger partial charge in [-0.1, -0.05) is 12.1 Å². The molecular formula is C15H13NO5. The summed E-state index contributed by atoms with van der Waals surface area (Å²) in [4.78, 5) is 21.6. The van der Waals surface area contributed by atoms with E-state index in [-0.39, 0.29) is 22.7 Å². The minimum Gasteiger partial charge on any atom is -0.478 e. The van der Waals surface area contributed by atoms with Gasteiger partial charge in [-0.15, -0.1) is 0 Å². The number of hydrogen-bond donors (Lipinski definition) is 1. The van der Waals surface area contributed by atoms with Crippen LogP contribution >= 0.6 is 0 Å². The van der Waals surface area contributed by atoms with Crippen molar-refractivity contribution in [2.24, 2.45) is 0 Å². The van der Waals surface area contributed by atoms with E-state index in [4.69, 9.17) is 9.84 Å². The van der Waals surface area contributed by atoms with Gasteiger partial charge in [0.25, 0.3) is 0 Å². The van der Waals surface area contributed by atoms with E-state index < -0.39 is 10.9 Å². The van der Waals surface area contributed by atoms with E-state index >= 15 is 0 Å². The maximum Gasteiger partial charge on any atom is 0.339 e. The Bertz CT molecular complexity index is 662. The van der Waals surface area contributed by atoms with Crippen molar-refractivity contribution in [3.8, 4) is 11.5 Å². The van der Waals surface area contributed by atoms with Crippen molar-refractivity contribution >= 4 is 11.7 Å². The molecule has 0 unspecified atom stereocenters. The summed E-state index contributed by atoms with van der Waals surface area (Å²) in [7, 11) is 0. The van der Waals surface area contributed by atoms with Crippen LogP contribution in [0.4, 0.5) is 5.69 Å². The summed E-state index contributed by atoms with van der Waals surface area (Å²) in [5, 5.41) is 20.2. The van der Waals surface area contributed by atoms with Crippen molar-refractivity contribution in [3.63, 3.8) is 0 Å². The lowest BCUT2D eigenvalue weighted by atomic mass is 10.1. The van der Waals surface area contributed by atoms with E-state index in [1.807, 2.05) is 0 Å². The van der Waals surface area contributed by atoms with Crippen LogP contribution in [0.25, 0.3) is 0 Å². The largest absolute Gasteiger partial charge is 0.478 e. The average molecular weight is 287 g/mol. The summed E-state index contributed by atoms with van der Waals surface area (Å²) in [6.07, 6.45) is 0. The number of aryl methyl sites for hydroxylation is 2. The molecule has 2 aromatic rings. The van der Waals surface area contributed by atoms with Gasteiger partial charge in [0.1, 0.15) is 11.3 Å². The summed E-state index contributed by atoms with van der Waals surface area (Å²) in [6.45, 7) is 3.55. The summed E-state index contributed by atoms with van der Waals surface area (Å²) in [6, 6.07) is 9.03. The van der Waals surface area contributed by atoms with Crippen LogP contribution < -0.4 is 4.74 Å². The van der Waals surface area contributed by atoms with Gasteiger partial charge in [-0.2, -0.15) is 0 Å². The van der Waals surface area contributed by atoms with Crippen LogP contribution in [0, 0.1) is 24.0 Å². The monoisotopic (exact) mass is 287 g/mol. The van der Waals surface area contributed by atoms with Crippen molar-refractivity contribution in [1.82, 2.24) is 0 Å². The first-order valence-corrected chi connectivity index (χ1v) is 6.15. The van der Waals surface area contributed by atoms with E-state index in [0.717, 1.165) is 11.1 Å². The molecule has 0 amide bonds. The van der Waals surface area contributed by atoms with Crippen molar-refractivity contribution in [2.75, 3.05) is 0 Å². The van der Waals surface area contributed by atoms with E-state index in [9.17, 15) is 14.9 Å². The number of benzene rings is 2. The Kier molecular flexibility index (Phi) is 3.89. The molecule has 2 rings (SSSR count). The molecule has 0 saturated carbocycles. The molecule has 0 aliphatic carbocycles. The number of nitro benzene ring substituents is 1. The summed E-state index contributed by atoms with van der Waals surface area (Å²) in [5.74, 6) is -1.05. The minimum atomic E-state index is -1.15. The highest BCUT2D eigenvalue weighted by atomic mass is 16.6. The summed E-state index contributed by atoms with van der Waals surface area (Å²) in [5.41, 5.74) is 1.32. The molecule has 0 atom stereocenters. The Balaban J connectivity index is 2.52. The topological polar surface area (TPSA) is 89.7 Å². The molecule has 2 aromatic carbocycles. The van der Waals surface area contributed by atoms with E-state index in [0.29, 0.717) is 0 Å². The van der Waals surface area contributed by atoms with Gasteiger partial charge in [-0.25, -0.2) is 4.79 Å². The Morgan fingerprint density at radius 3 is 2.24 bits per heavy atom. The molecule has 0 saturated heterocycles. The maximum absolute atomic E-state index is 11.2. The zero-order chi connectivity index (χ0) is 15.6. The lowest BCUT2D eigenvalue weighted by Crippen LogP contribution is -2.01. The molecule has 108 valence electrons. The average Bonchev–Trinajstić information content (AvgIpc) is 2.38. The van der Waals surface area contributed by atoms with E-state index in [1.54, 1.807) is 26.0 Å². The smallest absolute Gasteiger partial charge is 0.339 e. The molecule has 0 radical (unpaired) electrons. The van der Waals surface area contributed by atoms with Crippen LogP contribution in [0.2, 0.25) is 0 Å². The molecule has 21 heavy (non-hydrogen) atoms. The second kappa shape index (κ2) is 5.62. The number of hydrogen-bond acceptors (Lipinski definition) is 4. The fourth-order valence-electron chi connectivity index (χ4n) is 1.86. The first-order chi connectivity index (χ1) is 9.88. The third-order valence-electron chi connectivity index (χ3n) is 2.90. The lowest BCUT2D eigenvalue weighted by Gasteiger charge is -2.10. The highest BCUT2D eigenvalue weighted by molar-refractivity contribution is 5.91. The van der Waals surface area contributed by atoms with Crippen LogP contribution in [0.3, 0.4) is 0 Å². The van der Waals surface area contributed by atoms with Crippen LogP contribution in [0.1, 0.15) is 21.5 Å². The number of carboxylic acid groups (broad SMARTS) is 1. The van der Waals surface area contributed by atoms with Crippen LogP contribution in [0.15, 0.2) is 36.4 Å². The number of ether oxygens (including phenoxy) is 1. The van der Waals surface area contributed by atoms with Gasteiger partial charge in [0, 0.05) is 6.07 Å². The fourth-order valence-corrected chi connectivity index (χ4v) is 1.86. The first-order valence-electron chi connectivity index (χ1n) is 6.15. The molecule has 0 fully saturated rings. The quantitative estimate of drug-likeness (QED) is 0.684. The molecule has 0 aliphatic rings. The number of rotatable bonds is 4.